The predicted octanol–water partition coefficient (Wildman–Crippen LogP) is 4.17. The zero-order chi connectivity index (χ0) is 14.1. The van der Waals surface area contributed by atoms with Crippen molar-refractivity contribution in [2.75, 3.05) is 7.11 Å². The van der Waals surface area contributed by atoms with Crippen LogP contribution in [0.2, 0.25) is 0 Å². The normalized spacial score (nSPS) is 31.2. The molecule has 3 rings (SSSR count). The molecular weight excluding hydrogens is 246 g/mol. The first kappa shape index (κ1) is 13.9. The number of ether oxygens (including phenoxy) is 1. The number of nitrogens with one attached hydrogen (secondary N) is 1. The van der Waals surface area contributed by atoms with Crippen LogP contribution in [-0.4, -0.2) is 13.2 Å². The summed E-state index contributed by atoms with van der Waals surface area (Å²) in [5.74, 6) is 3.85. The van der Waals surface area contributed by atoms with Crippen LogP contribution in [0.4, 0.5) is 0 Å². The van der Waals surface area contributed by atoms with Crippen molar-refractivity contribution in [2.45, 2.75) is 51.6 Å². The molecule has 2 fully saturated rings. The van der Waals surface area contributed by atoms with E-state index in [2.05, 4.69) is 37.4 Å². The Balaban J connectivity index is 1.61. The molecule has 0 heterocycles. The molecule has 20 heavy (non-hydrogen) atoms. The van der Waals surface area contributed by atoms with Gasteiger partial charge >= 0.3 is 0 Å². The minimum absolute atomic E-state index is 0.388. The van der Waals surface area contributed by atoms with E-state index in [0.29, 0.717) is 12.1 Å². The smallest absolute Gasteiger partial charge is 0.119 e. The molecule has 1 aromatic carbocycles. The third-order valence-corrected chi connectivity index (χ3v) is 5.54. The lowest BCUT2D eigenvalue weighted by atomic mass is 9.83. The molecule has 2 nitrogen and oxygen atoms in total. The van der Waals surface area contributed by atoms with Gasteiger partial charge in [-0.1, -0.05) is 18.6 Å². The van der Waals surface area contributed by atoms with Crippen molar-refractivity contribution in [2.24, 2.45) is 17.8 Å². The average molecular weight is 273 g/mol. The second kappa shape index (κ2) is 5.77. The van der Waals surface area contributed by atoms with Crippen LogP contribution in [0.3, 0.4) is 0 Å². The number of rotatable bonds is 5. The highest BCUT2D eigenvalue weighted by molar-refractivity contribution is 5.30. The Morgan fingerprint density at radius 3 is 2.70 bits per heavy atom. The monoisotopic (exact) mass is 273 g/mol. The van der Waals surface area contributed by atoms with Gasteiger partial charge in [-0.2, -0.15) is 0 Å². The van der Waals surface area contributed by atoms with Gasteiger partial charge in [-0.15, -0.1) is 0 Å². The van der Waals surface area contributed by atoms with Crippen molar-refractivity contribution >= 4 is 0 Å². The second-order valence-corrected chi connectivity index (χ2v) is 6.79. The molecular formula is C18H27NO. The number of hydrogen-bond donors (Lipinski definition) is 1. The van der Waals surface area contributed by atoms with E-state index in [1.54, 1.807) is 7.11 Å². The van der Waals surface area contributed by atoms with Crippen LogP contribution < -0.4 is 10.1 Å². The van der Waals surface area contributed by atoms with Crippen LogP contribution in [0.5, 0.6) is 5.75 Å². The Kier molecular flexibility index (Phi) is 4.02. The minimum Gasteiger partial charge on any atom is -0.497 e. The molecule has 2 bridgehead atoms. The molecule has 1 N–H and O–H groups in total. The van der Waals surface area contributed by atoms with Crippen LogP contribution in [0.25, 0.3) is 0 Å². The van der Waals surface area contributed by atoms with Crippen LogP contribution in [-0.2, 0) is 0 Å². The zero-order valence-corrected chi connectivity index (χ0v) is 12.9. The van der Waals surface area contributed by atoms with Crippen molar-refractivity contribution in [3.8, 4) is 5.75 Å². The average Bonchev–Trinajstić information content (AvgIpc) is 3.10. The van der Waals surface area contributed by atoms with E-state index in [1.807, 2.05) is 6.07 Å². The maximum absolute atomic E-state index is 5.32. The molecule has 1 aromatic rings. The summed E-state index contributed by atoms with van der Waals surface area (Å²) >= 11 is 0. The molecule has 5 unspecified atom stereocenters. The molecule has 2 saturated carbocycles. The molecule has 0 aliphatic heterocycles. The quantitative estimate of drug-likeness (QED) is 0.869. The van der Waals surface area contributed by atoms with Gasteiger partial charge in [0.05, 0.1) is 7.11 Å². The highest BCUT2D eigenvalue weighted by Crippen LogP contribution is 2.49. The summed E-state index contributed by atoms with van der Waals surface area (Å²) < 4.78 is 5.32. The van der Waals surface area contributed by atoms with Gasteiger partial charge in [-0.05, 0) is 68.6 Å². The van der Waals surface area contributed by atoms with Gasteiger partial charge in [-0.3, -0.25) is 0 Å². The fourth-order valence-electron chi connectivity index (χ4n) is 4.43. The Bertz CT molecular complexity index is 458. The van der Waals surface area contributed by atoms with Crippen molar-refractivity contribution < 1.29 is 4.74 Å². The fraction of sp³-hybridized carbons (Fsp3) is 0.667. The summed E-state index contributed by atoms with van der Waals surface area (Å²) in [5.41, 5.74) is 1.32. The van der Waals surface area contributed by atoms with Crippen LogP contribution in [0.1, 0.15) is 51.1 Å². The van der Waals surface area contributed by atoms with Crippen molar-refractivity contribution in [1.29, 1.82) is 0 Å². The SMILES string of the molecule is COc1cccc(C(C)NC(C)C2CC3CCC2C3)c1. The number of benzene rings is 1. The molecule has 110 valence electrons. The minimum atomic E-state index is 0.388. The third kappa shape index (κ3) is 2.71. The van der Waals surface area contributed by atoms with Gasteiger partial charge in [-0.25, -0.2) is 0 Å². The maximum Gasteiger partial charge on any atom is 0.119 e. The lowest BCUT2D eigenvalue weighted by Crippen LogP contribution is -2.37. The van der Waals surface area contributed by atoms with Gasteiger partial charge in [0.2, 0.25) is 0 Å². The fourth-order valence-corrected chi connectivity index (χ4v) is 4.43. The summed E-state index contributed by atoms with van der Waals surface area (Å²) in [5, 5.41) is 3.82. The van der Waals surface area contributed by atoms with Gasteiger partial charge < -0.3 is 10.1 Å². The lowest BCUT2D eigenvalue weighted by Gasteiger charge is -2.31. The predicted molar refractivity (Wildman–Crippen MR) is 82.9 cm³/mol. The Morgan fingerprint density at radius 1 is 1.20 bits per heavy atom. The van der Waals surface area contributed by atoms with E-state index in [4.69, 9.17) is 4.74 Å². The largest absolute Gasteiger partial charge is 0.497 e. The van der Waals surface area contributed by atoms with Crippen LogP contribution >= 0.6 is 0 Å². The van der Waals surface area contributed by atoms with Crippen LogP contribution in [0.15, 0.2) is 24.3 Å². The van der Waals surface area contributed by atoms with E-state index in [0.717, 1.165) is 23.5 Å². The summed E-state index contributed by atoms with van der Waals surface area (Å²) in [6, 6.07) is 9.42. The van der Waals surface area contributed by atoms with E-state index in [9.17, 15) is 0 Å². The molecule has 2 aliphatic carbocycles. The van der Waals surface area contributed by atoms with Gasteiger partial charge in [0.1, 0.15) is 5.75 Å². The van der Waals surface area contributed by atoms with E-state index in [1.165, 1.54) is 31.2 Å². The summed E-state index contributed by atoms with van der Waals surface area (Å²) in [6.45, 7) is 4.64. The van der Waals surface area contributed by atoms with E-state index in [-0.39, 0.29) is 0 Å². The zero-order valence-electron chi connectivity index (χ0n) is 12.9. The molecule has 0 amide bonds. The molecule has 2 heteroatoms. The van der Waals surface area contributed by atoms with Crippen molar-refractivity contribution in [1.82, 2.24) is 5.32 Å². The third-order valence-electron chi connectivity index (χ3n) is 5.54. The standard InChI is InChI=1S/C18H27NO/c1-12(15-5-4-6-17(11-15)20-3)19-13(2)18-10-14-7-8-16(18)9-14/h4-6,11-14,16,18-19H,7-10H2,1-3H3. The van der Waals surface area contributed by atoms with E-state index < -0.39 is 0 Å². The maximum atomic E-state index is 5.32. The summed E-state index contributed by atoms with van der Waals surface area (Å²) in [6.07, 6.45) is 5.89. The molecule has 0 radical (unpaired) electrons. The number of hydrogen-bond acceptors (Lipinski definition) is 2. The first-order chi connectivity index (χ1) is 9.67. The number of fused-ring (bicyclic) bond motifs is 2. The lowest BCUT2D eigenvalue weighted by molar-refractivity contribution is 0.248. The molecule has 0 saturated heterocycles. The van der Waals surface area contributed by atoms with Gasteiger partial charge in [0, 0.05) is 12.1 Å². The molecule has 0 spiro atoms. The van der Waals surface area contributed by atoms with Gasteiger partial charge in [0.15, 0.2) is 0 Å². The topological polar surface area (TPSA) is 21.3 Å². The molecule has 2 aliphatic rings. The Hall–Kier alpha value is -1.02. The van der Waals surface area contributed by atoms with Gasteiger partial charge in [0.25, 0.3) is 0 Å². The summed E-state index contributed by atoms with van der Waals surface area (Å²) in [4.78, 5) is 0. The van der Waals surface area contributed by atoms with Crippen LogP contribution in [0, 0.1) is 17.8 Å². The number of methoxy groups -OCH3 is 1. The van der Waals surface area contributed by atoms with Crippen molar-refractivity contribution in [3.05, 3.63) is 29.8 Å². The van der Waals surface area contributed by atoms with Crippen molar-refractivity contribution in [3.63, 3.8) is 0 Å². The Morgan fingerprint density at radius 2 is 2.05 bits per heavy atom. The highest BCUT2D eigenvalue weighted by atomic mass is 16.5. The van der Waals surface area contributed by atoms with E-state index >= 15 is 0 Å². The first-order valence-corrected chi connectivity index (χ1v) is 8.07. The second-order valence-electron chi connectivity index (χ2n) is 6.79. The Labute approximate surface area is 122 Å². The summed E-state index contributed by atoms with van der Waals surface area (Å²) in [7, 11) is 1.73. The highest BCUT2D eigenvalue weighted by Gasteiger charge is 2.41. The molecule has 5 atom stereocenters. The molecule has 0 aromatic heterocycles. The first-order valence-electron chi connectivity index (χ1n) is 8.07.